The summed E-state index contributed by atoms with van der Waals surface area (Å²) in [6.07, 6.45) is 2.66. The fourth-order valence-corrected chi connectivity index (χ4v) is 5.16. The largest absolute Gasteiger partial charge is 0.460 e. The van der Waals surface area contributed by atoms with Crippen LogP contribution in [0.4, 0.5) is 0 Å². The zero-order chi connectivity index (χ0) is 24.4. The Morgan fingerprint density at radius 1 is 1.00 bits per heavy atom. The van der Waals surface area contributed by atoms with Crippen molar-refractivity contribution in [1.29, 1.82) is 0 Å². The molecular formula is C29H25ClN2O3. The maximum absolute atomic E-state index is 13.6. The van der Waals surface area contributed by atoms with Gasteiger partial charge in [0.1, 0.15) is 12.5 Å². The van der Waals surface area contributed by atoms with E-state index in [1.807, 2.05) is 79.7 Å². The van der Waals surface area contributed by atoms with E-state index >= 15 is 0 Å². The first-order chi connectivity index (χ1) is 17.0. The minimum absolute atomic E-state index is 0.000961. The van der Waals surface area contributed by atoms with E-state index in [1.54, 1.807) is 6.20 Å². The zero-order valence-electron chi connectivity index (χ0n) is 19.4. The fraction of sp³-hybridized carbons (Fsp3) is 0.241. The highest BCUT2D eigenvalue weighted by molar-refractivity contribution is 6.30. The summed E-state index contributed by atoms with van der Waals surface area (Å²) in [4.78, 5) is 36.3. The van der Waals surface area contributed by atoms with Crippen molar-refractivity contribution in [3.8, 4) is 0 Å². The molecule has 5 nitrogen and oxygen atoms in total. The molecule has 0 amide bonds. The molecule has 3 aromatic rings. The van der Waals surface area contributed by atoms with Gasteiger partial charge < -0.3 is 4.74 Å². The van der Waals surface area contributed by atoms with Crippen molar-refractivity contribution in [1.82, 2.24) is 4.98 Å². The second kappa shape index (κ2) is 9.96. The van der Waals surface area contributed by atoms with Crippen molar-refractivity contribution in [2.24, 2.45) is 10.9 Å². The number of benzene rings is 2. The number of allylic oxidation sites excluding steroid dienone is 2. The van der Waals surface area contributed by atoms with E-state index in [2.05, 4.69) is 4.98 Å². The molecule has 1 aliphatic heterocycles. The molecule has 5 rings (SSSR count). The molecule has 0 saturated heterocycles. The third-order valence-corrected chi connectivity index (χ3v) is 6.97. The summed E-state index contributed by atoms with van der Waals surface area (Å²) in [7, 11) is 0. The summed E-state index contributed by atoms with van der Waals surface area (Å²) in [5.41, 5.74) is 4.60. The van der Waals surface area contributed by atoms with Crippen LogP contribution in [0.25, 0.3) is 0 Å². The van der Waals surface area contributed by atoms with E-state index in [0.717, 1.165) is 16.8 Å². The molecule has 0 spiro atoms. The highest BCUT2D eigenvalue weighted by Crippen LogP contribution is 2.46. The number of pyridine rings is 1. The van der Waals surface area contributed by atoms with E-state index in [0.29, 0.717) is 34.8 Å². The molecule has 0 radical (unpaired) electrons. The van der Waals surface area contributed by atoms with Crippen molar-refractivity contribution in [2.45, 2.75) is 38.2 Å². The summed E-state index contributed by atoms with van der Waals surface area (Å²) in [6.45, 7) is 2.00. The number of halogens is 1. The van der Waals surface area contributed by atoms with Gasteiger partial charge in [-0.3, -0.25) is 19.6 Å². The number of carbonyl (C=O) groups is 2. The van der Waals surface area contributed by atoms with E-state index in [1.165, 1.54) is 0 Å². The van der Waals surface area contributed by atoms with Gasteiger partial charge in [-0.15, -0.1) is 0 Å². The Morgan fingerprint density at radius 3 is 2.46 bits per heavy atom. The number of hydrogen-bond acceptors (Lipinski definition) is 5. The number of ether oxygens (including phenoxy) is 1. The van der Waals surface area contributed by atoms with Crippen LogP contribution in [0.2, 0.25) is 5.02 Å². The van der Waals surface area contributed by atoms with Gasteiger partial charge in [0.2, 0.25) is 0 Å². The quantitative estimate of drug-likeness (QED) is 0.413. The Kier molecular flexibility index (Phi) is 6.60. The number of esters is 1. The predicted octanol–water partition coefficient (Wildman–Crippen LogP) is 6.05. The van der Waals surface area contributed by atoms with Gasteiger partial charge in [-0.05, 0) is 54.7 Å². The van der Waals surface area contributed by atoms with Crippen molar-refractivity contribution in [3.05, 3.63) is 112 Å². The zero-order valence-corrected chi connectivity index (χ0v) is 20.1. The number of Topliss-reactive ketones (excluding diaryl/α,β-unsaturated/α-hetero) is 1. The lowest BCUT2D eigenvalue weighted by Gasteiger charge is -2.36. The molecule has 0 N–H and O–H groups in total. The lowest BCUT2D eigenvalue weighted by molar-refractivity contribution is -0.148. The summed E-state index contributed by atoms with van der Waals surface area (Å²) in [6, 6.07) is 22.7. The van der Waals surface area contributed by atoms with Gasteiger partial charge in [0.05, 0.1) is 5.92 Å². The predicted molar refractivity (Wildman–Crippen MR) is 135 cm³/mol. The minimum atomic E-state index is -0.705. The summed E-state index contributed by atoms with van der Waals surface area (Å²) >= 11 is 6.06. The van der Waals surface area contributed by atoms with Crippen LogP contribution < -0.4 is 0 Å². The standard InChI is InChI=1S/C29H25ClN2O3/c1-18-26(29(34)35-17-19-7-3-2-4-8-19)28(23-9-5-6-14-31-23)27-24(32-18)15-21(16-25(27)33)20-10-12-22(30)13-11-20/h2-14,21,26,28H,15-17H2,1H3/t21-,26?,28+/m0/s1. The van der Waals surface area contributed by atoms with Crippen LogP contribution in [0.15, 0.2) is 95.3 Å². The number of aliphatic imine (C=N–C) groups is 1. The Balaban J connectivity index is 1.49. The SMILES string of the molecule is CC1=NC2=C(C(=O)C[C@@H](c3ccc(Cl)cc3)C2)[C@H](c2ccccn2)C1C(=O)OCc1ccccc1. The van der Waals surface area contributed by atoms with Gasteiger partial charge in [0, 0.05) is 40.3 Å². The Labute approximate surface area is 209 Å². The molecule has 6 heteroatoms. The fourth-order valence-electron chi connectivity index (χ4n) is 5.03. The monoisotopic (exact) mass is 484 g/mol. The van der Waals surface area contributed by atoms with Gasteiger partial charge in [-0.1, -0.05) is 60.1 Å². The van der Waals surface area contributed by atoms with Crippen LogP contribution in [-0.4, -0.2) is 22.4 Å². The first kappa shape index (κ1) is 23.2. The van der Waals surface area contributed by atoms with Crippen LogP contribution in [0.1, 0.15) is 48.4 Å². The second-order valence-electron chi connectivity index (χ2n) is 9.00. The van der Waals surface area contributed by atoms with Crippen molar-refractivity contribution < 1.29 is 14.3 Å². The molecular weight excluding hydrogens is 460 g/mol. The molecule has 1 aromatic heterocycles. The normalized spacial score (nSPS) is 21.8. The number of rotatable bonds is 5. The molecule has 176 valence electrons. The van der Waals surface area contributed by atoms with Gasteiger partial charge in [0.25, 0.3) is 0 Å². The van der Waals surface area contributed by atoms with Gasteiger partial charge >= 0.3 is 5.97 Å². The van der Waals surface area contributed by atoms with Crippen molar-refractivity contribution in [3.63, 3.8) is 0 Å². The maximum Gasteiger partial charge on any atom is 0.316 e. The van der Waals surface area contributed by atoms with E-state index in [-0.39, 0.29) is 18.3 Å². The average molecular weight is 485 g/mol. The highest BCUT2D eigenvalue weighted by atomic mass is 35.5. The first-order valence-electron chi connectivity index (χ1n) is 11.7. The van der Waals surface area contributed by atoms with Crippen LogP contribution in [0.3, 0.4) is 0 Å². The molecule has 0 bridgehead atoms. The number of ketones is 1. The topological polar surface area (TPSA) is 68.6 Å². The number of nitrogens with zero attached hydrogens (tertiary/aromatic N) is 2. The van der Waals surface area contributed by atoms with Crippen molar-refractivity contribution >= 4 is 29.1 Å². The second-order valence-corrected chi connectivity index (χ2v) is 9.43. The third-order valence-electron chi connectivity index (χ3n) is 6.71. The van der Waals surface area contributed by atoms with Gasteiger partial charge in [-0.25, -0.2) is 0 Å². The average Bonchev–Trinajstić information content (AvgIpc) is 2.88. The lowest BCUT2D eigenvalue weighted by Crippen LogP contribution is -2.38. The Morgan fingerprint density at radius 2 is 1.74 bits per heavy atom. The Bertz CT molecular complexity index is 1300. The van der Waals surface area contributed by atoms with E-state index in [4.69, 9.17) is 21.3 Å². The molecule has 35 heavy (non-hydrogen) atoms. The molecule has 1 aliphatic carbocycles. The van der Waals surface area contributed by atoms with Crippen LogP contribution in [0, 0.1) is 5.92 Å². The molecule has 2 heterocycles. The highest BCUT2D eigenvalue weighted by Gasteiger charge is 2.45. The maximum atomic E-state index is 13.6. The number of aromatic nitrogens is 1. The number of hydrogen-bond donors (Lipinski definition) is 0. The lowest BCUT2D eigenvalue weighted by atomic mass is 9.70. The first-order valence-corrected chi connectivity index (χ1v) is 12.1. The molecule has 2 aliphatic rings. The van der Waals surface area contributed by atoms with Crippen LogP contribution in [-0.2, 0) is 20.9 Å². The molecule has 3 atom stereocenters. The molecule has 1 unspecified atom stereocenters. The molecule has 0 fully saturated rings. The van der Waals surface area contributed by atoms with Crippen LogP contribution >= 0.6 is 11.6 Å². The summed E-state index contributed by atoms with van der Waals surface area (Å²) in [5, 5.41) is 0.661. The summed E-state index contributed by atoms with van der Waals surface area (Å²) < 4.78 is 5.71. The smallest absolute Gasteiger partial charge is 0.316 e. The third kappa shape index (κ3) is 4.82. The number of carbonyl (C=O) groups excluding carboxylic acids is 2. The summed E-state index contributed by atoms with van der Waals surface area (Å²) in [5.74, 6) is -1.61. The molecule has 2 aromatic carbocycles. The van der Waals surface area contributed by atoms with Gasteiger partial charge in [-0.2, -0.15) is 0 Å². The minimum Gasteiger partial charge on any atom is -0.460 e. The van der Waals surface area contributed by atoms with Crippen LogP contribution in [0.5, 0.6) is 0 Å². The van der Waals surface area contributed by atoms with E-state index in [9.17, 15) is 9.59 Å². The Hall–Kier alpha value is -3.57. The van der Waals surface area contributed by atoms with Crippen molar-refractivity contribution in [2.75, 3.05) is 0 Å². The molecule has 0 saturated carbocycles. The van der Waals surface area contributed by atoms with E-state index < -0.39 is 17.8 Å². The van der Waals surface area contributed by atoms with Gasteiger partial charge in [0.15, 0.2) is 5.78 Å².